The Bertz CT molecular complexity index is 1110. The number of hydrogen-bond donors (Lipinski definition) is 1. The van der Waals surface area contributed by atoms with E-state index in [0.29, 0.717) is 24.1 Å². The number of carbonyl (C=O) groups excluding carboxylic acids is 1. The van der Waals surface area contributed by atoms with Gasteiger partial charge in [-0.05, 0) is 82.3 Å². The molecule has 0 aliphatic heterocycles. The topological polar surface area (TPSA) is 81.9 Å². The number of aromatic nitrogens is 4. The van der Waals surface area contributed by atoms with Crippen LogP contribution in [-0.4, -0.2) is 44.1 Å². The maximum atomic E-state index is 12.8. The number of rotatable bonds is 10. The van der Waals surface area contributed by atoms with E-state index in [1.807, 2.05) is 54.8 Å². The second kappa shape index (κ2) is 11.8. The summed E-state index contributed by atoms with van der Waals surface area (Å²) in [6, 6.07) is 11.6. The first-order valence-electron chi connectivity index (χ1n) is 11.9. The molecule has 1 aliphatic carbocycles. The molecule has 0 radical (unpaired) electrons. The highest BCUT2D eigenvalue weighted by Gasteiger charge is 2.22. The van der Waals surface area contributed by atoms with Crippen LogP contribution >= 0.6 is 11.8 Å². The molecule has 0 saturated carbocycles. The van der Waals surface area contributed by atoms with Gasteiger partial charge in [-0.15, -0.1) is 10.2 Å². The summed E-state index contributed by atoms with van der Waals surface area (Å²) in [5.41, 5.74) is 3.21. The highest BCUT2D eigenvalue weighted by atomic mass is 32.2. The van der Waals surface area contributed by atoms with Crippen molar-refractivity contribution >= 4 is 17.7 Å². The Kier molecular flexibility index (Phi) is 8.36. The average Bonchev–Trinajstić information content (AvgIpc) is 3.29. The Morgan fingerprint density at radius 1 is 1.21 bits per heavy atom. The fraction of sp³-hybridized carbons (Fsp3) is 0.385. The summed E-state index contributed by atoms with van der Waals surface area (Å²) in [5.74, 6) is 1.49. The number of thioether (sulfide) groups is 1. The van der Waals surface area contributed by atoms with Crippen LogP contribution in [0.15, 0.2) is 65.6 Å². The van der Waals surface area contributed by atoms with Crippen LogP contribution in [0.25, 0.3) is 17.1 Å². The van der Waals surface area contributed by atoms with Gasteiger partial charge in [-0.25, -0.2) is 0 Å². The predicted octanol–water partition coefficient (Wildman–Crippen LogP) is 5.22. The van der Waals surface area contributed by atoms with Gasteiger partial charge in [-0.1, -0.05) is 23.4 Å². The third-order valence-corrected chi connectivity index (χ3v) is 6.78. The first-order chi connectivity index (χ1) is 16.7. The summed E-state index contributed by atoms with van der Waals surface area (Å²) < 4.78 is 7.55. The van der Waals surface area contributed by atoms with Crippen LogP contribution in [0.4, 0.5) is 0 Å². The molecular formula is C26H31N5O2S. The monoisotopic (exact) mass is 477 g/mol. The zero-order chi connectivity index (χ0) is 23.8. The molecule has 0 spiro atoms. The zero-order valence-electron chi connectivity index (χ0n) is 19.7. The summed E-state index contributed by atoms with van der Waals surface area (Å²) in [6.07, 6.45) is 11.6. The minimum absolute atomic E-state index is 0.00517. The Balaban J connectivity index is 1.51. The molecule has 7 nitrogen and oxygen atoms in total. The van der Waals surface area contributed by atoms with Crippen molar-refractivity contribution in [3.05, 3.63) is 60.4 Å². The third-order valence-electron chi connectivity index (χ3n) is 5.74. The molecule has 2 aromatic heterocycles. The molecule has 1 unspecified atom stereocenters. The van der Waals surface area contributed by atoms with E-state index in [-0.39, 0.29) is 11.2 Å². The number of ether oxygens (including phenoxy) is 1. The van der Waals surface area contributed by atoms with Gasteiger partial charge >= 0.3 is 0 Å². The number of benzene rings is 1. The van der Waals surface area contributed by atoms with Crippen molar-refractivity contribution in [3.8, 4) is 22.8 Å². The first kappa shape index (κ1) is 24.0. The smallest absolute Gasteiger partial charge is 0.233 e. The van der Waals surface area contributed by atoms with Gasteiger partial charge in [0.2, 0.25) is 5.91 Å². The lowest BCUT2D eigenvalue weighted by Crippen LogP contribution is -2.32. The van der Waals surface area contributed by atoms with Gasteiger partial charge in [0.25, 0.3) is 0 Å². The fourth-order valence-electron chi connectivity index (χ4n) is 3.95. The van der Waals surface area contributed by atoms with Gasteiger partial charge in [-0.3, -0.25) is 14.3 Å². The Morgan fingerprint density at radius 2 is 2.06 bits per heavy atom. The second-order valence-electron chi connectivity index (χ2n) is 8.22. The lowest BCUT2D eigenvalue weighted by molar-refractivity contribution is -0.120. The van der Waals surface area contributed by atoms with Gasteiger partial charge in [-0.2, -0.15) is 0 Å². The molecule has 3 aromatic rings. The lowest BCUT2D eigenvalue weighted by atomic mass is 9.97. The number of allylic oxidation sites excluding steroid dienone is 1. The number of nitrogens with one attached hydrogen (secondary N) is 1. The minimum atomic E-state index is -0.312. The van der Waals surface area contributed by atoms with Crippen molar-refractivity contribution in [2.75, 3.05) is 13.2 Å². The van der Waals surface area contributed by atoms with E-state index in [1.54, 1.807) is 12.4 Å². The number of nitrogens with zero attached hydrogens (tertiary/aromatic N) is 4. The highest BCUT2D eigenvalue weighted by Crippen LogP contribution is 2.30. The number of hydrogen-bond acceptors (Lipinski definition) is 6. The Morgan fingerprint density at radius 3 is 2.76 bits per heavy atom. The minimum Gasteiger partial charge on any atom is -0.494 e. The van der Waals surface area contributed by atoms with Crippen molar-refractivity contribution in [1.82, 2.24) is 25.1 Å². The molecule has 0 saturated heterocycles. The van der Waals surface area contributed by atoms with Crippen molar-refractivity contribution in [2.24, 2.45) is 0 Å². The van der Waals surface area contributed by atoms with Crippen molar-refractivity contribution in [3.63, 3.8) is 0 Å². The van der Waals surface area contributed by atoms with Crippen LogP contribution in [0.3, 0.4) is 0 Å². The molecular weight excluding hydrogens is 446 g/mol. The molecule has 1 amide bonds. The maximum Gasteiger partial charge on any atom is 0.233 e. The molecule has 8 heteroatoms. The van der Waals surface area contributed by atoms with Crippen LogP contribution in [-0.2, 0) is 4.79 Å². The van der Waals surface area contributed by atoms with E-state index in [0.717, 1.165) is 36.3 Å². The van der Waals surface area contributed by atoms with Crippen molar-refractivity contribution in [2.45, 2.75) is 56.4 Å². The van der Waals surface area contributed by atoms with E-state index in [2.05, 4.69) is 26.6 Å². The third kappa shape index (κ3) is 6.05. The van der Waals surface area contributed by atoms with Crippen molar-refractivity contribution in [1.29, 1.82) is 0 Å². The SMILES string of the molecule is CCOc1ccc(-n2c(SC(C)C(=O)NCCC3=CCCCC3)nnc2-c2cccnc2)cc1. The van der Waals surface area contributed by atoms with Crippen LogP contribution < -0.4 is 10.1 Å². The quantitative estimate of drug-likeness (QED) is 0.319. The summed E-state index contributed by atoms with van der Waals surface area (Å²) in [7, 11) is 0. The van der Waals surface area contributed by atoms with Gasteiger partial charge in [0.15, 0.2) is 11.0 Å². The summed E-state index contributed by atoms with van der Waals surface area (Å²) >= 11 is 1.40. The molecule has 1 aliphatic rings. The zero-order valence-corrected chi connectivity index (χ0v) is 20.6. The van der Waals surface area contributed by atoms with Gasteiger partial charge in [0.1, 0.15) is 5.75 Å². The van der Waals surface area contributed by atoms with E-state index < -0.39 is 0 Å². The lowest BCUT2D eigenvalue weighted by Gasteiger charge is -2.16. The molecule has 0 fully saturated rings. The van der Waals surface area contributed by atoms with Crippen molar-refractivity contribution < 1.29 is 9.53 Å². The molecule has 178 valence electrons. The van der Waals surface area contributed by atoms with Gasteiger partial charge in [0, 0.05) is 30.2 Å². The van der Waals surface area contributed by atoms with Crippen LogP contribution in [0.2, 0.25) is 0 Å². The van der Waals surface area contributed by atoms with Crippen LogP contribution in [0, 0.1) is 0 Å². The van der Waals surface area contributed by atoms with E-state index in [1.165, 1.54) is 30.2 Å². The standard InChI is InChI=1S/C26H31N5O2S/c1-3-33-23-13-11-22(12-14-23)31-24(21-10-7-16-27-18-21)29-30-26(31)34-19(2)25(32)28-17-15-20-8-5-4-6-9-20/h7-8,10-14,16,18-19H,3-6,9,15,17H2,1-2H3,(H,28,32). The maximum absolute atomic E-state index is 12.8. The average molecular weight is 478 g/mol. The molecule has 2 heterocycles. The van der Waals surface area contributed by atoms with Gasteiger partial charge < -0.3 is 10.1 Å². The molecule has 1 aromatic carbocycles. The highest BCUT2D eigenvalue weighted by molar-refractivity contribution is 8.00. The normalized spacial score (nSPS) is 14.4. The summed E-state index contributed by atoms with van der Waals surface area (Å²) in [5, 5.41) is 12.3. The Labute approximate surface area is 205 Å². The molecule has 34 heavy (non-hydrogen) atoms. The van der Waals surface area contributed by atoms with Crippen LogP contribution in [0.1, 0.15) is 46.0 Å². The molecule has 0 bridgehead atoms. The largest absolute Gasteiger partial charge is 0.494 e. The number of amides is 1. The number of pyridine rings is 1. The summed E-state index contributed by atoms with van der Waals surface area (Å²) in [6.45, 7) is 5.14. The Hall–Kier alpha value is -3.13. The second-order valence-corrected chi connectivity index (χ2v) is 9.53. The number of carbonyl (C=O) groups is 1. The van der Waals surface area contributed by atoms with E-state index in [4.69, 9.17) is 4.74 Å². The van der Waals surface area contributed by atoms with E-state index in [9.17, 15) is 4.79 Å². The molecule has 4 rings (SSSR count). The first-order valence-corrected chi connectivity index (χ1v) is 12.7. The molecule has 1 N–H and O–H groups in total. The molecule has 1 atom stereocenters. The predicted molar refractivity (Wildman–Crippen MR) is 135 cm³/mol. The summed E-state index contributed by atoms with van der Waals surface area (Å²) in [4.78, 5) is 17.0. The fourth-order valence-corrected chi connectivity index (χ4v) is 4.84. The van der Waals surface area contributed by atoms with E-state index >= 15 is 0 Å². The van der Waals surface area contributed by atoms with Crippen LogP contribution in [0.5, 0.6) is 5.75 Å². The van der Waals surface area contributed by atoms with Gasteiger partial charge in [0.05, 0.1) is 11.9 Å².